The first kappa shape index (κ1) is 16.9. The van der Waals surface area contributed by atoms with Crippen LogP contribution in [0.2, 0.25) is 0 Å². The molecule has 1 N–H and O–H groups in total. The average molecular weight is 343 g/mol. The van der Waals surface area contributed by atoms with Crippen molar-refractivity contribution in [3.05, 3.63) is 29.3 Å². The number of piperidine rings is 1. The fourth-order valence-corrected chi connectivity index (χ4v) is 5.49. The number of carbonyl (C=O) groups excluding carboxylic acids is 1. The van der Waals surface area contributed by atoms with Gasteiger partial charge >= 0.3 is 6.16 Å². The second-order valence-electron chi connectivity index (χ2n) is 8.96. The van der Waals surface area contributed by atoms with Crippen molar-refractivity contribution in [2.45, 2.75) is 76.4 Å². The Bertz CT molecular complexity index is 693. The van der Waals surface area contributed by atoms with Gasteiger partial charge in [-0.2, -0.15) is 0 Å². The van der Waals surface area contributed by atoms with Crippen LogP contribution >= 0.6 is 0 Å². The third-order valence-electron chi connectivity index (χ3n) is 6.38. The molecular formula is C21H29NO3. The fraction of sp³-hybridized carbons (Fsp3) is 0.667. The highest BCUT2D eigenvalue weighted by Gasteiger charge is 2.59. The van der Waals surface area contributed by atoms with Crippen molar-refractivity contribution in [3.8, 4) is 5.75 Å². The molecule has 4 unspecified atom stereocenters. The van der Waals surface area contributed by atoms with Gasteiger partial charge < -0.3 is 14.8 Å². The lowest BCUT2D eigenvalue weighted by molar-refractivity contribution is 0.0201. The van der Waals surface area contributed by atoms with Gasteiger partial charge in [0.15, 0.2) is 0 Å². The molecule has 0 amide bonds. The number of fused-ring (bicyclic) bond motifs is 2. The standard InChI is InChI=1S/C21H29NO3/c1-13-16-7-5-6-10-21(16)17-11-14(24-19(23)25-20(2,3)4)8-9-15(17)18(21)12-22-13/h8-9,11,13,16,18,22H,5-7,10,12H2,1-4H3. The zero-order chi connectivity index (χ0) is 17.8. The average Bonchev–Trinajstić information content (AvgIpc) is 2.53. The van der Waals surface area contributed by atoms with E-state index in [-0.39, 0.29) is 5.41 Å². The normalized spacial score (nSPS) is 33.4. The van der Waals surface area contributed by atoms with E-state index < -0.39 is 11.8 Å². The van der Waals surface area contributed by atoms with Crippen LogP contribution in [0.15, 0.2) is 18.2 Å². The second kappa shape index (κ2) is 5.73. The number of rotatable bonds is 1. The first-order chi connectivity index (χ1) is 11.8. The molecule has 136 valence electrons. The summed E-state index contributed by atoms with van der Waals surface area (Å²) in [5.74, 6) is 1.90. The predicted molar refractivity (Wildman–Crippen MR) is 97.1 cm³/mol. The molecule has 0 aromatic heterocycles. The summed E-state index contributed by atoms with van der Waals surface area (Å²) in [6, 6.07) is 6.71. The van der Waals surface area contributed by atoms with E-state index in [2.05, 4.69) is 24.4 Å². The van der Waals surface area contributed by atoms with Gasteiger partial charge in [0.05, 0.1) is 0 Å². The van der Waals surface area contributed by atoms with Gasteiger partial charge in [-0.15, -0.1) is 0 Å². The van der Waals surface area contributed by atoms with Gasteiger partial charge in [-0.3, -0.25) is 0 Å². The number of hydrogen-bond acceptors (Lipinski definition) is 4. The van der Waals surface area contributed by atoms with Gasteiger partial charge in [-0.1, -0.05) is 18.9 Å². The Labute approximate surface area is 150 Å². The van der Waals surface area contributed by atoms with Crippen LogP contribution in [0.4, 0.5) is 4.79 Å². The number of ether oxygens (including phenoxy) is 2. The summed E-state index contributed by atoms with van der Waals surface area (Å²) < 4.78 is 10.8. The maximum atomic E-state index is 12.0. The molecule has 2 fully saturated rings. The van der Waals surface area contributed by atoms with E-state index in [1.54, 1.807) is 0 Å². The molecule has 0 radical (unpaired) electrons. The van der Waals surface area contributed by atoms with E-state index in [4.69, 9.17) is 9.47 Å². The van der Waals surface area contributed by atoms with Crippen LogP contribution in [0.5, 0.6) is 5.75 Å². The lowest BCUT2D eigenvalue weighted by atomic mass is 9.44. The summed E-state index contributed by atoms with van der Waals surface area (Å²) in [6.07, 6.45) is 4.56. The molecule has 1 spiro atoms. The molecule has 1 aromatic carbocycles. The van der Waals surface area contributed by atoms with E-state index in [0.717, 1.165) is 6.54 Å². The summed E-state index contributed by atoms with van der Waals surface area (Å²) in [6.45, 7) is 8.93. The summed E-state index contributed by atoms with van der Waals surface area (Å²) in [4.78, 5) is 12.0. The van der Waals surface area contributed by atoms with Crippen LogP contribution in [0.1, 0.15) is 70.4 Å². The van der Waals surface area contributed by atoms with Gasteiger partial charge in [0, 0.05) is 23.9 Å². The van der Waals surface area contributed by atoms with Crippen molar-refractivity contribution in [1.82, 2.24) is 5.32 Å². The molecule has 0 bridgehead atoms. The van der Waals surface area contributed by atoms with Crippen molar-refractivity contribution in [1.29, 1.82) is 0 Å². The number of carbonyl (C=O) groups is 1. The second-order valence-corrected chi connectivity index (χ2v) is 8.96. The zero-order valence-electron chi connectivity index (χ0n) is 15.7. The molecule has 3 aliphatic rings. The topological polar surface area (TPSA) is 47.6 Å². The fourth-order valence-electron chi connectivity index (χ4n) is 5.49. The quantitative estimate of drug-likeness (QED) is 0.602. The Morgan fingerprint density at radius 3 is 2.84 bits per heavy atom. The largest absolute Gasteiger partial charge is 0.514 e. The van der Waals surface area contributed by atoms with E-state index in [1.807, 2.05) is 26.8 Å². The van der Waals surface area contributed by atoms with E-state index in [0.29, 0.717) is 23.6 Å². The van der Waals surface area contributed by atoms with E-state index in [9.17, 15) is 4.79 Å². The van der Waals surface area contributed by atoms with Crippen LogP contribution in [-0.2, 0) is 10.2 Å². The van der Waals surface area contributed by atoms with Gasteiger partial charge in [-0.05, 0) is 69.7 Å². The van der Waals surface area contributed by atoms with E-state index >= 15 is 0 Å². The Kier molecular flexibility index (Phi) is 3.87. The summed E-state index contributed by atoms with van der Waals surface area (Å²) >= 11 is 0. The molecule has 4 rings (SSSR count). The van der Waals surface area contributed by atoms with Crippen molar-refractivity contribution < 1.29 is 14.3 Å². The monoisotopic (exact) mass is 343 g/mol. The van der Waals surface area contributed by atoms with E-state index in [1.165, 1.54) is 36.8 Å². The maximum Gasteiger partial charge on any atom is 0.514 e. The molecule has 1 saturated carbocycles. The molecule has 1 aromatic rings. The van der Waals surface area contributed by atoms with Crippen molar-refractivity contribution in [2.24, 2.45) is 5.92 Å². The number of hydrogen-bond donors (Lipinski definition) is 1. The lowest BCUT2D eigenvalue weighted by Gasteiger charge is -2.62. The van der Waals surface area contributed by atoms with Gasteiger partial charge in [0.25, 0.3) is 0 Å². The molecule has 1 saturated heterocycles. The third-order valence-corrected chi connectivity index (χ3v) is 6.38. The highest BCUT2D eigenvalue weighted by atomic mass is 16.7. The molecule has 1 heterocycles. The summed E-state index contributed by atoms with van der Waals surface area (Å²) in [5, 5.41) is 3.72. The first-order valence-corrected chi connectivity index (χ1v) is 9.60. The number of nitrogens with one attached hydrogen (secondary N) is 1. The summed E-state index contributed by atoms with van der Waals surface area (Å²) in [5.41, 5.74) is 2.59. The molecule has 4 heteroatoms. The van der Waals surface area contributed by atoms with Crippen molar-refractivity contribution >= 4 is 6.16 Å². The SMILES string of the molecule is CC1NCC2c3ccc(OC(=O)OC(C)(C)C)cc3C23CCCCC13. The minimum absolute atomic E-state index is 0.283. The number of benzene rings is 1. The van der Waals surface area contributed by atoms with Gasteiger partial charge in [-0.25, -0.2) is 4.79 Å². The predicted octanol–water partition coefficient (Wildman–Crippen LogP) is 4.52. The van der Waals surface area contributed by atoms with Crippen molar-refractivity contribution in [2.75, 3.05) is 6.54 Å². The first-order valence-electron chi connectivity index (χ1n) is 9.60. The van der Waals surface area contributed by atoms with Crippen LogP contribution in [-0.4, -0.2) is 24.3 Å². The molecule has 4 nitrogen and oxygen atoms in total. The molecular weight excluding hydrogens is 314 g/mol. The molecule has 1 aliphatic heterocycles. The van der Waals surface area contributed by atoms with Crippen LogP contribution < -0.4 is 10.1 Å². The Balaban J connectivity index is 1.62. The van der Waals surface area contributed by atoms with Crippen molar-refractivity contribution in [3.63, 3.8) is 0 Å². The maximum absolute atomic E-state index is 12.0. The van der Waals surface area contributed by atoms with Gasteiger partial charge in [0.1, 0.15) is 11.4 Å². The zero-order valence-corrected chi connectivity index (χ0v) is 15.7. The Morgan fingerprint density at radius 1 is 1.28 bits per heavy atom. The van der Waals surface area contributed by atoms with Gasteiger partial charge in [0.2, 0.25) is 0 Å². The Morgan fingerprint density at radius 2 is 2.08 bits per heavy atom. The minimum atomic E-state index is -0.625. The molecule has 2 aliphatic carbocycles. The lowest BCUT2D eigenvalue weighted by Crippen LogP contribution is -2.63. The van der Waals surface area contributed by atoms with Crippen LogP contribution in [0.3, 0.4) is 0 Å². The van der Waals surface area contributed by atoms with Crippen LogP contribution in [0, 0.1) is 5.92 Å². The summed E-state index contributed by atoms with van der Waals surface area (Å²) in [7, 11) is 0. The molecule has 25 heavy (non-hydrogen) atoms. The smallest absolute Gasteiger partial charge is 0.428 e. The third kappa shape index (κ3) is 2.66. The highest BCUT2D eigenvalue weighted by molar-refractivity contribution is 5.65. The Hall–Kier alpha value is -1.55. The minimum Gasteiger partial charge on any atom is -0.428 e. The van der Waals surface area contributed by atoms with Crippen LogP contribution in [0.25, 0.3) is 0 Å². The molecule has 4 atom stereocenters. The highest BCUT2D eigenvalue weighted by Crippen LogP contribution is 2.63.